The van der Waals surface area contributed by atoms with E-state index in [-0.39, 0.29) is 16.4 Å². The van der Waals surface area contributed by atoms with E-state index in [1.807, 2.05) is 12.1 Å². The van der Waals surface area contributed by atoms with Gasteiger partial charge >= 0.3 is 0 Å². The number of hydrogen-bond acceptors (Lipinski definition) is 4. The molecule has 3 rings (SSSR count). The summed E-state index contributed by atoms with van der Waals surface area (Å²) in [6.07, 6.45) is 0. The summed E-state index contributed by atoms with van der Waals surface area (Å²) in [6, 6.07) is 7.21. The minimum atomic E-state index is 0.0107. The average molecular weight is 301 g/mol. The summed E-state index contributed by atoms with van der Waals surface area (Å²) in [5.41, 5.74) is 0.571. The van der Waals surface area contributed by atoms with Gasteiger partial charge in [0.1, 0.15) is 0 Å². The number of furan rings is 1. The Hall–Kier alpha value is -1.36. The molecular formula is C11H4Cl3N3O. The number of hydrogen-bond donors (Lipinski definition) is 0. The van der Waals surface area contributed by atoms with Crippen LogP contribution >= 0.6 is 34.8 Å². The Morgan fingerprint density at radius 3 is 2.33 bits per heavy atom. The van der Waals surface area contributed by atoms with Gasteiger partial charge < -0.3 is 4.42 Å². The molecule has 0 N–H and O–H groups in total. The summed E-state index contributed by atoms with van der Waals surface area (Å²) in [5.74, 6) is 0.705. The highest BCUT2D eigenvalue weighted by atomic mass is 35.5. The first kappa shape index (κ1) is 11.7. The highest BCUT2D eigenvalue weighted by Gasteiger charge is 2.13. The second-order valence-corrected chi connectivity index (χ2v) is 4.55. The van der Waals surface area contributed by atoms with Crippen LogP contribution in [0.5, 0.6) is 0 Å². The van der Waals surface area contributed by atoms with E-state index in [4.69, 9.17) is 39.2 Å². The Balaban J connectivity index is 2.22. The van der Waals surface area contributed by atoms with E-state index in [1.165, 1.54) is 0 Å². The Labute approximate surface area is 117 Å². The van der Waals surface area contributed by atoms with Crippen LogP contribution in [0.4, 0.5) is 0 Å². The van der Waals surface area contributed by atoms with Gasteiger partial charge in [0.05, 0.1) is 5.02 Å². The molecule has 0 saturated heterocycles. The van der Waals surface area contributed by atoms with Crippen LogP contribution in [0.2, 0.25) is 15.6 Å². The third-order valence-corrected chi connectivity index (χ3v) is 2.93. The van der Waals surface area contributed by atoms with Crippen molar-refractivity contribution in [2.45, 2.75) is 0 Å². The number of nitrogens with zero attached hydrogens (tertiary/aromatic N) is 3. The van der Waals surface area contributed by atoms with Crippen molar-refractivity contribution in [3.8, 4) is 11.6 Å². The number of benzene rings is 1. The molecule has 0 atom stereocenters. The van der Waals surface area contributed by atoms with Gasteiger partial charge in [0.25, 0.3) is 0 Å². The normalized spacial score (nSPS) is 11.1. The first-order chi connectivity index (χ1) is 8.63. The number of aromatic nitrogens is 3. The molecule has 0 saturated carbocycles. The van der Waals surface area contributed by atoms with E-state index in [0.717, 1.165) is 5.39 Å². The fourth-order valence-electron chi connectivity index (χ4n) is 1.57. The topological polar surface area (TPSA) is 51.8 Å². The van der Waals surface area contributed by atoms with Crippen LogP contribution in [-0.4, -0.2) is 15.0 Å². The second-order valence-electron chi connectivity index (χ2n) is 3.47. The smallest absolute Gasteiger partial charge is 0.227 e. The van der Waals surface area contributed by atoms with Gasteiger partial charge in [-0.25, -0.2) is 0 Å². The number of halogens is 3. The molecule has 0 aliphatic carbocycles. The Bertz CT molecular complexity index is 721. The number of rotatable bonds is 1. The zero-order valence-electron chi connectivity index (χ0n) is 8.69. The molecule has 4 nitrogen and oxygen atoms in total. The summed E-state index contributed by atoms with van der Waals surface area (Å²) in [5, 5.41) is 1.39. The minimum absolute atomic E-state index is 0.0107. The molecule has 0 bridgehead atoms. The molecule has 3 aromatic rings. The van der Waals surface area contributed by atoms with Crippen LogP contribution in [0.3, 0.4) is 0 Å². The van der Waals surface area contributed by atoms with Gasteiger partial charge in [-0.3, -0.25) is 0 Å². The summed E-state index contributed by atoms with van der Waals surface area (Å²) >= 11 is 17.5. The summed E-state index contributed by atoms with van der Waals surface area (Å²) in [4.78, 5) is 11.6. The van der Waals surface area contributed by atoms with Crippen molar-refractivity contribution >= 4 is 45.8 Å². The van der Waals surface area contributed by atoms with Gasteiger partial charge in [-0.05, 0) is 35.3 Å². The lowest BCUT2D eigenvalue weighted by molar-refractivity contribution is 0.624. The molecule has 0 amide bonds. The molecule has 1 aromatic carbocycles. The molecule has 18 heavy (non-hydrogen) atoms. The third kappa shape index (κ3) is 2.03. The second kappa shape index (κ2) is 4.39. The van der Waals surface area contributed by atoms with E-state index in [0.29, 0.717) is 16.4 Å². The monoisotopic (exact) mass is 299 g/mol. The van der Waals surface area contributed by atoms with Crippen molar-refractivity contribution in [1.29, 1.82) is 0 Å². The lowest BCUT2D eigenvalue weighted by atomic mass is 10.2. The standard InChI is InChI=1S/C11H4Cl3N3O/c12-6-3-1-2-5-4-7(18-8(5)6)9-15-10(13)17-11(14)16-9/h1-4H. The Kier molecular flexibility index (Phi) is 2.86. The number of para-hydroxylation sites is 1. The maximum Gasteiger partial charge on any atom is 0.227 e. The maximum atomic E-state index is 6.02. The van der Waals surface area contributed by atoms with Gasteiger partial charge in [0.2, 0.25) is 16.4 Å². The molecule has 2 aromatic heterocycles. The van der Waals surface area contributed by atoms with Crippen molar-refractivity contribution in [3.05, 3.63) is 39.9 Å². The number of fused-ring (bicyclic) bond motifs is 1. The molecule has 2 heterocycles. The molecule has 0 unspecified atom stereocenters. The molecule has 0 spiro atoms. The lowest BCUT2D eigenvalue weighted by Crippen LogP contribution is -1.92. The SMILES string of the molecule is Clc1nc(Cl)nc(-c2cc3cccc(Cl)c3o2)n1. The molecule has 0 radical (unpaired) electrons. The lowest BCUT2D eigenvalue weighted by Gasteiger charge is -1.96. The van der Waals surface area contributed by atoms with Gasteiger partial charge in [-0.2, -0.15) is 15.0 Å². The van der Waals surface area contributed by atoms with E-state index < -0.39 is 0 Å². The highest BCUT2D eigenvalue weighted by Crippen LogP contribution is 2.30. The predicted molar refractivity (Wildman–Crippen MR) is 70.1 cm³/mol. The summed E-state index contributed by atoms with van der Waals surface area (Å²) in [6.45, 7) is 0. The van der Waals surface area contributed by atoms with E-state index in [2.05, 4.69) is 15.0 Å². The van der Waals surface area contributed by atoms with Crippen LogP contribution in [0.1, 0.15) is 0 Å². The summed E-state index contributed by atoms with van der Waals surface area (Å²) < 4.78 is 5.59. The van der Waals surface area contributed by atoms with Crippen LogP contribution in [0.15, 0.2) is 28.7 Å². The summed E-state index contributed by atoms with van der Waals surface area (Å²) in [7, 11) is 0. The van der Waals surface area contributed by atoms with Crippen molar-refractivity contribution in [3.63, 3.8) is 0 Å². The zero-order valence-corrected chi connectivity index (χ0v) is 11.0. The van der Waals surface area contributed by atoms with Crippen molar-refractivity contribution < 1.29 is 4.42 Å². The highest BCUT2D eigenvalue weighted by molar-refractivity contribution is 6.35. The fourth-order valence-corrected chi connectivity index (χ4v) is 2.16. The van der Waals surface area contributed by atoms with Crippen molar-refractivity contribution in [1.82, 2.24) is 15.0 Å². The Morgan fingerprint density at radius 2 is 1.67 bits per heavy atom. The molecule has 0 fully saturated rings. The van der Waals surface area contributed by atoms with Gasteiger partial charge in [0.15, 0.2) is 11.3 Å². The van der Waals surface area contributed by atoms with E-state index in [1.54, 1.807) is 12.1 Å². The first-order valence-electron chi connectivity index (χ1n) is 4.89. The Morgan fingerprint density at radius 1 is 0.944 bits per heavy atom. The third-order valence-electron chi connectivity index (χ3n) is 2.30. The molecular weight excluding hydrogens is 296 g/mol. The van der Waals surface area contributed by atoms with Gasteiger partial charge in [-0.15, -0.1) is 0 Å². The molecule has 7 heteroatoms. The predicted octanol–water partition coefficient (Wildman–Crippen LogP) is 4.25. The molecule has 90 valence electrons. The van der Waals surface area contributed by atoms with E-state index >= 15 is 0 Å². The quantitative estimate of drug-likeness (QED) is 0.674. The largest absolute Gasteiger partial charge is 0.451 e. The zero-order chi connectivity index (χ0) is 12.7. The van der Waals surface area contributed by atoms with Crippen LogP contribution < -0.4 is 0 Å². The van der Waals surface area contributed by atoms with Crippen molar-refractivity contribution in [2.24, 2.45) is 0 Å². The maximum absolute atomic E-state index is 6.02. The van der Waals surface area contributed by atoms with Gasteiger partial charge in [-0.1, -0.05) is 23.7 Å². The van der Waals surface area contributed by atoms with Crippen LogP contribution in [-0.2, 0) is 0 Å². The van der Waals surface area contributed by atoms with Gasteiger partial charge in [0, 0.05) is 5.39 Å². The molecule has 0 aliphatic rings. The van der Waals surface area contributed by atoms with Crippen molar-refractivity contribution in [2.75, 3.05) is 0 Å². The average Bonchev–Trinajstić information content (AvgIpc) is 2.73. The van der Waals surface area contributed by atoms with Crippen LogP contribution in [0.25, 0.3) is 22.6 Å². The molecule has 0 aliphatic heterocycles. The minimum Gasteiger partial charge on any atom is -0.451 e. The first-order valence-corrected chi connectivity index (χ1v) is 6.02. The van der Waals surface area contributed by atoms with Crippen LogP contribution in [0, 0.1) is 0 Å². The van der Waals surface area contributed by atoms with E-state index in [9.17, 15) is 0 Å². The fraction of sp³-hybridized carbons (Fsp3) is 0.